The molecule has 0 bridgehead atoms. The van der Waals surface area contributed by atoms with Crippen LogP contribution in [0.5, 0.6) is 0 Å². The number of H-pyrrole nitrogens is 1. The highest BCUT2D eigenvalue weighted by Gasteiger charge is 2.27. The molecule has 1 aromatic heterocycles. The van der Waals surface area contributed by atoms with Gasteiger partial charge in [-0.3, -0.25) is 5.10 Å². The molecule has 1 N–H and O–H groups in total. The van der Waals surface area contributed by atoms with E-state index in [4.69, 9.17) is 0 Å². The lowest BCUT2D eigenvalue weighted by molar-refractivity contribution is 0.478. The van der Waals surface area contributed by atoms with Crippen LogP contribution >= 0.6 is 0 Å². The van der Waals surface area contributed by atoms with Gasteiger partial charge in [-0.2, -0.15) is 5.10 Å². The van der Waals surface area contributed by atoms with Gasteiger partial charge in [-0.1, -0.05) is 0 Å². The van der Waals surface area contributed by atoms with Gasteiger partial charge in [0.2, 0.25) is 0 Å². The summed E-state index contributed by atoms with van der Waals surface area (Å²) in [6.45, 7) is 0.547. The molecule has 1 heterocycles. The number of aliphatic imine (C=N–C) groups is 1. The molecule has 94 valence electrons. The molecule has 0 amide bonds. The van der Waals surface area contributed by atoms with E-state index in [2.05, 4.69) is 20.2 Å². The third kappa shape index (κ3) is 2.95. The number of aromatic nitrogens is 3. The van der Waals surface area contributed by atoms with Gasteiger partial charge in [0.15, 0.2) is 11.8 Å². The number of nitrogens with one attached hydrogen (secondary N) is 1. The molecule has 0 spiro atoms. The number of nitrogens with zero attached hydrogens (tertiary/aromatic N) is 5. The molecule has 0 aliphatic heterocycles. The minimum absolute atomic E-state index is 0.547. The summed E-state index contributed by atoms with van der Waals surface area (Å²) in [6.07, 6.45) is 2.45. The molecule has 0 atom stereocenters. The second kappa shape index (κ2) is 4.73. The van der Waals surface area contributed by atoms with Crippen molar-refractivity contribution in [3.05, 3.63) is 11.6 Å². The molecule has 2 rings (SSSR count). The van der Waals surface area contributed by atoms with E-state index in [1.807, 2.05) is 38.0 Å². The molecule has 1 aromatic rings. The van der Waals surface area contributed by atoms with Crippen molar-refractivity contribution in [2.75, 3.05) is 28.2 Å². The summed E-state index contributed by atoms with van der Waals surface area (Å²) >= 11 is 0. The monoisotopic (exact) mass is 236 g/mol. The molecule has 0 saturated heterocycles. The van der Waals surface area contributed by atoms with Crippen LogP contribution in [0.2, 0.25) is 0 Å². The van der Waals surface area contributed by atoms with Crippen LogP contribution in [0, 0.1) is 0 Å². The van der Waals surface area contributed by atoms with E-state index in [0.717, 1.165) is 17.6 Å². The highest BCUT2D eigenvalue weighted by atomic mass is 15.3. The Hall–Kier alpha value is -1.59. The van der Waals surface area contributed by atoms with Crippen molar-refractivity contribution in [2.24, 2.45) is 4.99 Å². The SMILES string of the molecule is CN(C)C(=NCc1nc(C2CC2)n[nH]1)N(C)C. The molecule has 1 aliphatic rings. The average molecular weight is 236 g/mol. The summed E-state index contributed by atoms with van der Waals surface area (Å²) in [7, 11) is 7.92. The van der Waals surface area contributed by atoms with Crippen LogP contribution in [0.1, 0.15) is 30.4 Å². The smallest absolute Gasteiger partial charge is 0.195 e. The Labute approximate surface area is 102 Å². The normalized spacial score (nSPS) is 14.6. The maximum Gasteiger partial charge on any atom is 0.195 e. The van der Waals surface area contributed by atoms with Crippen LogP contribution in [-0.4, -0.2) is 59.1 Å². The zero-order chi connectivity index (χ0) is 12.4. The number of guanidine groups is 1. The van der Waals surface area contributed by atoms with Crippen LogP contribution < -0.4 is 0 Å². The topological polar surface area (TPSA) is 60.4 Å². The summed E-state index contributed by atoms with van der Waals surface area (Å²) in [5.41, 5.74) is 0. The first-order valence-corrected chi connectivity index (χ1v) is 5.88. The summed E-state index contributed by atoms with van der Waals surface area (Å²) in [5, 5.41) is 7.17. The third-order valence-corrected chi connectivity index (χ3v) is 2.66. The zero-order valence-electron chi connectivity index (χ0n) is 10.9. The highest BCUT2D eigenvalue weighted by molar-refractivity contribution is 5.79. The number of hydrogen-bond donors (Lipinski definition) is 1. The van der Waals surface area contributed by atoms with E-state index in [0.29, 0.717) is 12.5 Å². The molecule has 6 heteroatoms. The van der Waals surface area contributed by atoms with E-state index >= 15 is 0 Å². The van der Waals surface area contributed by atoms with Crippen molar-refractivity contribution in [2.45, 2.75) is 25.3 Å². The second-order valence-corrected chi connectivity index (χ2v) is 4.82. The summed E-state index contributed by atoms with van der Waals surface area (Å²) in [6, 6.07) is 0. The van der Waals surface area contributed by atoms with Gasteiger partial charge in [0.1, 0.15) is 12.4 Å². The van der Waals surface area contributed by atoms with Gasteiger partial charge >= 0.3 is 0 Å². The molecule has 1 aliphatic carbocycles. The van der Waals surface area contributed by atoms with Gasteiger partial charge in [-0.05, 0) is 12.8 Å². The predicted octanol–water partition coefficient (Wildman–Crippen LogP) is 0.661. The average Bonchev–Trinajstić information content (AvgIpc) is 2.99. The van der Waals surface area contributed by atoms with Crippen LogP contribution in [0.4, 0.5) is 0 Å². The Bertz CT molecular complexity index is 392. The fourth-order valence-electron chi connectivity index (χ4n) is 1.73. The van der Waals surface area contributed by atoms with Crippen LogP contribution in [0.15, 0.2) is 4.99 Å². The Morgan fingerprint density at radius 2 is 1.94 bits per heavy atom. The molecular formula is C11H20N6. The van der Waals surface area contributed by atoms with E-state index in [-0.39, 0.29) is 0 Å². The number of aromatic amines is 1. The summed E-state index contributed by atoms with van der Waals surface area (Å²) in [5.74, 6) is 3.31. The lowest BCUT2D eigenvalue weighted by Gasteiger charge is -2.22. The van der Waals surface area contributed by atoms with Crippen LogP contribution in [-0.2, 0) is 6.54 Å². The fourth-order valence-corrected chi connectivity index (χ4v) is 1.73. The first-order valence-electron chi connectivity index (χ1n) is 5.88. The Balaban J connectivity index is 2.01. The molecule has 0 unspecified atom stereocenters. The largest absolute Gasteiger partial charge is 0.349 e. The van der Waals surface area contributed by atoms with Gasteiger partial charge in [-0.25, -0.2) is 9.98 Å². The lowest BCUT2D eigenvalue weighted by atomic mass is 10.4. The van der Waals surface area contributed by atoms with Crippen molar-refractivity contribution in [1.82, 2.24) is 25.0 Å². The maximum atomic E-state index is 4.52. The minimum atomic E-state index is 0.547. The number of rotatable bonds is 3. The minimum Gasteiger partial charge on any atom is -0.349 e. The van der Waals surface area contributed by atoms with E-state index in [1.54, 1.807) is 0 Å². The van der Waals surface area contributed by atoms with E-state index in [1.165, 1.54) is 12.8 Å². The Morgan fingerprint density at radius 1 is 1.29 bits per heavy atom. The van der Waals surface area contributed by atoms with Crippen molar-refractivity contribution >= 4 is 5.96 Å². The van der Waals surface area contributed by atoms with Gasteiger partial charge < -0.3 is 9.80 Å². The Morgan fingerprint density at radius 3 is 2.47 bits per heavy atom. The second-order valence-electron chi connectivity index (χ2n) is 4.82. The Kier molecular flexibility index (Phi) is 3.31. The van der Waals surface area contributed by atoms with Gasteiger partial charge in [0, 0.05) is 34.1 Å². The van der Waals surface area contributed by atoms with E-state index in [9.17, 15) is 0 Å². The lowest BCUT2D eigenvalue weighted by Crippen LogP contribution is -2.35. The van der Waals surface area contributed by atoms with Gasteiger partial charge in [0.05, 0.1) is 0 Å². The molecule has 0 radical (unpaired) electrons. The van der Waals surface area contributed by atoms with Crippen LogP contribution in [0.3, 0.4) is 0 Å². The van der Waals surface area contributed by atoms with Crippen molar-refractivity contribution < 1.29 is 0 Å². The third-order valence-electron chi connectivity index (χ3n) is 2.66. The van der Waals surface area contributed by atoms with Gasteiger partial charge in [0.25, 0.3) is 0 Å². The first kappa shape index (κ1) is 11.9. The molecule has 17 heavy (non-hydrogen) atoms. The van der Waals surface area contributed by atoms with Crippen molar-refractivity contribution in [3.63, 3.8) is 0 Å². The first-order chi connectivity index (χ1) is 8.08. The highest BCUT2D eigenvalue weighted by Crippen LogP contribution is 2.37. The summed E-state index contributed by atoms with van der Waals surface area (Å²) in [4.78, 5) is 12.9. The molecule has 1 saturated carbocycles. The van der Waals surface area contributed by atoms with Gasteiger partial charge in [-0.15, -0.1) is 0 Å². The fraction of sp³-hybridized carbons (Fsp3) is 0.727. The van der Waals surface area contributed by atoms with Crippen molar-refractivity contribution in [1.29, 1.82) is 0 Å². The van der Waals surface area contributed by atoms with Crippen LogP contribution in [0.25, 0.3) is 0 Å². The molecular weight excluding hydrogens is 216 g/mol. The van der Waals surface area contributed by atoms with E-state index < -0.39 is 0 Å². The number of hydrogen-bond acceptors (Lipinski definition) is 3. The molecule has 0 aromatic carbocycles. The quantitative estimate of drug-likeness (QED) is 0.618. The molecule has 6 nitrogen and oxygen atoms in total. The maximum absolute atomic E-state index is 4.52. The predicted molar refractivity (Wildman–Crippen MR) is 66.9 cm³/mol. The molecule has 1 fully saturated rings. The summed E-state index contributed by atoms with van der Waals surface area (Å²) < 4.78 is 0. The zero-order valence-corrected chi connectivity index (χ0v) is 10.9. The standard InChI is InChI=1S/C11H20N6/c1-16(2)11(17(3)4)12-7-9-13-10(15-14-9)8-5-6-8/h8H,5-7H2,1-4H3,(H,13,14,15). The van der Waals surface area contributed by atoms with Crippen molar-refractivity contribution in [3.8, 4) is 0 Å².